The Morgan fingerprint density at radius 1 is 1.04 bits per heavy atom. The summed E-state index contributed by atoms with van der Waals surface area (Å²) in [7, 11) is 0. The van der Waals surface area contributed by atoms with Crippen LogP contribution in [0.25, 0.3) is 0 Å². The van der Waals surface area contributed by atoms with E-state index in [1.807, 2.05) is 60.7 Å². The van der Waals surface area contributed by atoms with Crippen LogP contribution in [0.15, 0.2) is 65.7 Å². The minimum Gasteiger partial charge on any atom is -0.549 e. The standard InChI is InChI=1S/C21H22N2O3S/c24-19-15-18(20(25)26)27-21(22-13-11-16-7-3-1-4-8-16)23(19)14-12-17-9-5-2-6-10-17/h1-10,18H,11-15H2,(H,25,26)/p-1/t18-/m0/s1. The molecule has 0 spiro atoms. The molecule has 1 fully saturated rings. The number of carbonyl (C=O) groups is 2. The van der Waals surface area contributed by atoms with Crippen LogP contribution in [0, 0.1) is 0 Å². The fraction of sp³-hybridized carbons (Fsp3) is 0.286. The van der Waals surface area contributed by atoms with E-state index in [0.717, 1.165) is 29.3 Å². The van der Waals surface area contributed by atoms with Gasteiger partial charge in [0.2, 0.25) is 5.91 Å². The van der Waals surface area contributed by atoms with Gasteiger partial charge in [-0.25, -0.2) is 0 Å². The predicted octanol–water partition coefficient (Wildman–Crippen LogP) is 1.91. The Labute approximate surface area is 163 Å². The van der Waals surface area contributed by atoms with Gasteiger partial charge in [-0.15, -0.1) is 0 Å². The van der Waals surface area contributed by atoms with Crippen LogP contribution in [-0.4, -0.2) is 40.3 Å². The Bertz CT molecular complexity index is 809. The SMILES string of the molecule is O=C([O-])[C@@H]1CC(=O)N(CCc2ccccc2)C(=NCCc2ccccc2)S1. The van der Waals surface area contributed by atoms with Crippen molar-refractivity contribution in [2.45, 2.75) is 24.5 Å². The van der Waals surface area contributed by atoms with E-state index < -0.39 is 11.2 Å². The van der Waals surface area contributed by atoms with Crippen molar-refractivity contribution in [3.63, 3.8) is 0 Å². The normalized spacial score (nSPS) is 18.7. The largest absolute Gasteiger partial charge is 0.549 e. The maximum atomic E-state index is 12.5. The molecule has 0 aliphatic carbocycles. The van der Waals surface area contributed by atoms with Crippen molar-refractivity contribution in [3.05, 3.63) is 71.8 Å². The molecule has 6 heteroatoms. The second kappa shape index (κ2) is 9.37. The van der Waals surface area contributed by atoms with Gasteiger partial charge in [0.1, 0.15) is 0 Å². The molecule has 1 amide bonds. The molecule has 5 nitrogen and oxygen atoms in total. The van der Waals surface area contributed by atoms with Gasteiger partial charge in [-0.2, -0.15) is 0 Å². The molecule has 2 aromatic rings. The van der Waals surface area contributed by atoms with Crippen molar-refractivity contribution in [2.24, 2.45) is 4.99 Å². The molecule has 140 valence electrons. The number of carboxylic acids is 1. The number of amidine groups is 1. The first kappa shape index (κ1) is 19.2. The highest BCUT2D eigenvalue weighted by Crippen LogP contribution is 2.26. The number of benzene rings is 2. The number of rotatable bonds is 7. The lowest BCUT2D eigenvalue weighted by molar-refractivity contribution is -0.304. The summed E-state index contributed by atoms with van der Waals surface area (Å²) >= 11 is 1.11. The molecule has 0 unspecified atom stereocenters. The monoisotopic (exact) mass is 381 g/mol. The zero-order valence-corrected chi connectivity index (χ0v) is 15.7. The minimum atomic E-state index is -1.22. The van der Waals surface area contributed by atoms with Crippen LogP contribution in [0.2, 0.25) is 0 Å². The topological polar surface area (TPSA) is 72.8 Å². The lowest BCUT2D eigenvalue weighted by atomic mass is 10.1. The Kier molecular flexibility index (Phi) is 6.65. The molecule has 1 aliphatic heterocycles. The third kappa shape index (κ3) is 5.44. The first-order valence-electron chi connectivity index (χ1n) is 8.93. The van der Waals surface area contributed by atoms with Crippen molar-refractivity contribution in [3.8, 4) is 0 Å². The highest BCUT2D eigenvalue weighted by molar-refractivity contribution is 8.15. The summed E-state index contributed by atoms with van der Waals surface area (Å²) in [5.41, 5.74) is 2.28. The summed E-state index contributed by atoms with van der Waals surface area (Å²) in [5.74, 6) is -1.43. The van der Waals surface area contributed by atoms with E-state index in [2.05, 4.69) is 4.99 Å². The van der Waals surface area contributed by atoms with Gasteiger partial charge in [0.15, 0.2) is 5.17 Å². The second-order valence-electron chi connectivity index (χ2n) is 6.31. The molecular formula is C21H21N2O3S-. The maximum absolute atomic E-state index is 12.5. The van der Waals surface area contributed by atoms with Gasteiger partial charge in [0.05, 0.1) is 11.2 Å². The quantitative estimate of drug-likeness (QED) is 0.734. The van der Waals surface area contributed by atoms with Gasteiger partial charge in [0.25, 0.3) is 0 Å². The number of hydrogen-bond donors (Lipinski definition) is 0. The van der Waals surface area contributed by atoms with Gasteiger partial charge in [0, 0.05) is 19.5 Å². The summed E-state index contributed by atoms with van der Waals surface area (Å²) in [5, 5.41) is 10.9. The van der Waals surface area contributed by atoms with Crippen molar-refractivity contribution in [2.75, 3.05) is 13.1 Å². The van der Waals surface area contributed by atoms with Gasteiger partial charge in [-0.05, 0) is 24.0 Å². The first-order chi connectivity index (χ1) is 13.1. The average Bonchev–Trinajstić information content (AvgIpc) is 2.68. The van der Waals surface area contributed by atoms with Crippen LogP contribution in [0.5, 0.6) is 0 Å². The van der Waals surface area contributed by atoms with E-state index >= 15 is 0 Å². The Morgan fingerprint density at radius 3 is 2.22 bits per heavy atom. The number of aliphatic imine (C=N–C) groups is 1. The van der Waals surface area contributed by atoms with E-state index in [1.54, 1.807) is 4.90 Å². The first-order valence-corrected chi connectivity index (χ1v) is 9.81. The molecule has 0 aromatic heterocycles. The van der Waals surface area contributed by atoms with Crippen LogP contribution in [0.1, 0.15) is 17.5 Å². The minimum absolute atomic E-state index is 0.0561. The van der Waals surface area contributed by atoms with E-state index in [4.69, 9.17) is 0 Å². The van der Waals surface area contributed by atoms with Crippen LogP contribution in [-0.2, 0) is 22.4 Å². The van der Waals surface area contributed by atoms with Crippen molar-refractivity contribution < 1.29 is 14.7 Å². The zero-order valence-electron chi connectivity index (χ0n) is 14.9. The van der Waals surface area contributed by atoms with Crippen molar-refractivity contribution >= 4 is 28.8 Å². The lowest BCUT2D eigenvalue weighted by Gasteiger charge is -2.32. The smallest absolute Gasteiger partial charge is 0.230 e. The van der Waals surface area contributed by atoms with Gasteiger partial charge >= 0.3 is 0 Å². The molecule has 0 radical (unpaired) electrons. The molecular weight excluding hydrogens is 360 g/mol. The summed E-state index contributed by atoms with van der Waals surface area (Å²) in [4.78, 5) is 29.9. The van der Waals surface area contributed by atoms with Crippen LogP contribution >= 0.6 is 11.8 Å². The number of hydrogen-bond acceptors (Lipinski definition) is 5. The molecule has 1 heterocycles. The molecule has 1 atom stereocenters. The van der Waals surface area contributed by atoms with E-state index in [-0.39, 0.29) is 12.3 Å². The van der Waals surface area contributed by atoms with E-state index in [0.29, 0.717) is 24.7 Å². The third-order valence-corrected chi connectivity index (χ3v) is 5.56. The summed E-state index contributed by atoms with van der Waals surface area (Å²) < 4.78 is 0. The molecule has 1 saturated heterocycles. The van der Waals surface area contributed by atoms with Crippen molar-refractivity contribution in [1.29, 1.82) is 0 Å². The molecule has 0 bridgehead atoms. The zero-order chi connectivity index (χ0) is 19.1. The van der Waals surface area contributed by atoms with E-state index in [9.17, 15) is 14.7 Å². The molecule has 3 rings (SSSR count). The fourth-order valence-corrected chi connectivity index (χ4v) is 3.96. The van der Waals surface area contributed by atoms with Gasteiger partial charge in [-0.1, -0.05) is 72.4 Å². The second-order valence-corrected chi connectivity index (χ2v) is 7.48. The highest BCUT2D eigenvalue weighted by atomic mass is 32.2. The van der Waals surface area contributed by atoms with Crippen LogP contribution < -0.4 is 5.11 Å². The van der Waals surface area contributed by atoms with Gasteiger partial charge in [-0.3, -0.25) is 14.7 Å². The average molecular weight is 381 g/mol. The molecule has 1 aliphatic rings. The molecule has 0 N–H and O–H groups in total. The number of carboxylic acid groups (broad SMARTS) is 1. The molecule has 0 saturated carbocycles. The predicted molar refractivity (Wildman–Crippen MR) is 105 cm³/mol. The van der Waals surface area contributed by atoms with E-state index in [1.165, 1.54) is 0 Å². The maximum Gasteiger partial charge on any atom is 0.230 e. The number of nitrogens with zero attached hydrogens (tertiary/aromatic N) is 2. The van der Waals surface area contributed by atoms with Gasteiger partial charge < -0.3 is 9.90 Å². The van der Waals surface area contributed by atoms with Crippen LogP contribution in [0.3, 0.4) is 0 Å². The van der Waals surface area contributed by atoms with Crippen molar-refractivity contribution in [1.82, 2.24) is 4.90 Å². The molecule has 2 aromatic carbocycles. The number of amides is 1. The Hall–Kier alpha value is -2.60. The fourth-order valence-electron chi connectivity index (χ4n) is 2.89. The summed E-state index contributed by atoms with van der Waals surface area (Å²) in [6.07, 6.45) is 1.38. The Balaban J connectivity index is 1.70. The Morgan fingerprint density at radius 2 is 1.63 bits per heavy atom. The van der Waals surface area contributed by atoms with Crippen LogP contribution in [0.4, 0.5) is 0 Å². The number of aliphatic carboxylic acids is 1. The number of thioether (sulfide) groups is 1. The lowest BCUT2D eigenvalue weighted by Crippen LogP contribution is -2.48. The highest BCUT2D eigenvalue weighted by Gasteiger charge is 2.32. The summed E-state index contributed by atoms with van der Waals surface area (Å²) in [6, 6.07) is 19.8. The third-order valence-electron chi connectivity index (χ3n) is 4.36. The molecule has 27 heavy (non-hydrogen) atoms. The summed E-state index contributed by atoms with van der Waals surface area (Å²) in [6.45, 7) is 0.987. The number of carbonyl (C=O) groups excluding carboxylic acids is 2.